The van der Waals surface area contributed by atoms with Crippen LogP contribution in [0, 0.1) is 0 Å². The first-order chi connectivity index (χ1) is 9.10. The van der Waals surface area contributed by atoms with Crippen LogP contribution in [0.5, 0.6) is 5.75 Å². The smallest absolute Gasteiger partial charge is 0.124 e. The summed E-state index contributed by atoms with van der Waals surface area (Å²) in [5, 5.41) is 0. The van der Waals surface area contributed by atoms with Crippen molar-refractivity contribution in [3.63, 3.8) is 0 Å². The molecule has 2 N–H and O–H groups in total. The van der Waals surface area contributed by atoms with Crippen molar-refractivity contribution in [3.8, 4) is 5.75 Å². The summed E-state index contributed by atoms with van der Waals surface area (Å²) in [6.07, 6.45) is 4.30. The zero-order valence-electron chi connectivity index (χ0n) is 10.4. The van der Waals surface area contributed by atoms with Crippen LogP contribution >= 0.6 is 31.9 Å². The fourth-order valence-electron chi connectivity index (χ4n) is 1.92. The minimum Gasteiger partial charge on any atom is -0.496 e. The predicted molar refractivity (Wildman–Crippen MR) is 83.3 cm³/mol. The van der Waals surface area contributed by atoms with Crippen LogP contribution in [0.2, 0.25) is 0 Å². The van der Waals surface area contributed by atoms with E-state index in [1.54, 1.807) is 13.3 Å². The molecule has 100 valence electrons. The lowest BCUT2D eigenvalue weighted by Gasteiger charge is -2.16. The molecule has 0 bridgehead atoms. The molecular formula is C14H14Br2N2O. The van der Waals surface area contributed by atoms with Crippen molar-refractivity contribution in [2.24, 2.45) is 5.73 Å². The zero-order valence-corrected chi connectivity index (χ0v) is 13.6. The zero-order chi connectivity index (χ0) is 13.8. The Morgan fingerprint density at radius 3 is 2.68 bits per heavy atom. The lowest BCUT2D eigenvalue weighted by atomic mass is 10.00. The second-order valence-corrected chi connectivity index (χ2v) is 6.04. The predicted octanol–water partition coefficient (Wildman–Crippen LogP) is 3.86. The van der Waals surface area contributed by atoms with Crippen LogP contribution in [0.3, 0.4) is 0 Å². The van der Waals surface area contributed by atoms with E-state index in [4.69, 9.17) is 10.5 Å². The Balaban J connectivity index is 2.22. The molecule has 1 aromatic heterocycles. The molecule has 0 fully saturated rings. The van der Waals surface area contributed by atoms with Gasteiger partial charge in [0.15, 0.2) is 0 Å². The largest absolute Gasteiger partial charge is 0.496 e. The van der Waals surface area contributed by atoms with Crippen LogP contribution in [0.25, 0.3) is 0 Å². The third-order valence-electron chi connectivity index (χ3n) is 2.81. The number of hydrogen-bond donors (Lipinski definition) is 1. The van der Waals surface area contributed by atoms with E-state index in [0.717, 1.165) is 25.8 Å². The second-order valence-electron chi connectivity index (χ2n) is 4.21. The highest BCUT2D eigenvalue weighted by atomic mass is 79.9. The number of rotatable bonds is 4. The molecule has 19 heavy (non-hydrogen) atoms. The number of ether oxygens (including phenoxy) is 1. The minimum atomic E-state index is -0.126. The molecule has 0 saturated carbocycles. The number of halogens is 2. The van der Waals surface area contributed by atoms with Gasteiger partial charge in [-0.15, -0.1) is 0 Å². The summed E-state index contributed by atoms with van der Waals surface area (Å²) in [7, 11) is 1.65. The first kappa shape index (κ1) is 14.5. The Morgan fingerprint density at radius 1 is 1.21 bits per heavy atom. The van der Waals surface area contributed by atoms with Crippen LogP contribution in [0.1, 0.15) is 17.2 Å². The number of benzene rings is 1. The van der Waals surface area contributed by atoms with Gasteiger partial charge in [0, 0.05) is 32.9 Å². The van der Waals surface area contributed by atoms with Crippen molar-refractivity contribution in [1.29, 1.82) is 0 Å². The van der Waals surface area contributed by atoms with Crippen LogP contribution in [0.4, 0.5) is 0 Å². The number of pyridine rings is 1. The molecule has 0 spiro atoms. The van der Waals surface area contributed by atoms with E-state index in [-0.39, 0.29) is 6.04 Å². The van der Waals surface area contributed by atoms with E-state index >= 15 is 0 Å². The average Bonchev–Trinajstić information content (AvgIpc) is 2.38. The van der Waals surface area contributed by atoms with E-state index in [9.17, 15) is 0 Å². The van der Waals surface area contributed by atoms with Gasteiger partial charge < -0.3 is 10.5 Å². The number of nitrogens with two attached hydrogens (primary N) is 1. The molecule has 1 atom stereocenters. The van der Waals surface area contributed by atoms with Crippen molar-refractivity contribution >= 4 is 31.9 Å². The average molecular weight is 386 g/mol. The van der Waals surface area contributed by atoms with Gasteiger partial charge >= 0.3 is 0 Å². The molecule has 0 aliphatic rings. The first-order valence-electron chi connectivity index (χ1n) is 5.78. The standard InChI is InChI=1S/C14H14Br2N2O/c1-19-14-6-10(15)2-3-12(14)13(17)5-9-4-11(16)8-18-7-9/h2-4,6-8,13H,5,17H2,1H3. The lowest BCUT2D eigenvalue weighted by molar-refractivity contribution is 0.405. The number of aromatic nitrogens is 1. The SMILES string of the molecule is COc1cc(Br)ccc1C(N)Cc1cncc(Br)c1. The third-order valence-corrected chi connectivity index (χ3v) is 3.74. The maximum atomic E-state index is 6.27. The van der Waals surface area contributed by atoms with Gasteiger partial charge in [0.05, 0.1) is 7.11 Å². The lowest BCUT2D eigenvalue weighted by Crippen LogP contribution is -2.14. The molecule has 1 unspecified atom stereocenters. The van der Waals surface area contributed by atoms with Gasteiger partial charge in [0.25, 0.3) is 0 Å². The van der Waals surface area contributed by atoms with Gasteiger partial charge in [0.1, 0.15) is 5.75 Å². The maximum absolute atomic E-state index is 6.27. The van der Waals surface area contributed by atoms with Crippen molar-refractivity contribution in [2.45, 2.75) is 12.5 Å². The van der Waals surface area contributed by atoms with Crippen LogP contribution in [-0.2, 0) is 6.42 Å². The van der Waals surface area contributed by atoms with Crippen LogP contribution in [-0.4, -0.2) is 12.1 Å². The Hall–Kier alpha value is -0.910. The monoisotopic (exact) mass is 384 g/mol. The van der Waals surface area contributed by atoms with E-state index < -0.39 is 0 Å². The molecule has 2 aromatic rings. The van der Waals surface area contributed by atoms with E-state index in [1.165, 1.54) is 0 Å². The van der Waals surface area contributed by atoms with E-state index in [2.05, 4.69) is 36.8 Å². The quantitative estimate of drug-likeness (QED) is 0.869. The normalized spacial score (nSPS) is 12.2. The molecule has 0 amide bonds. The molecule has 0 aliphatic heterocycles. The third kappa shape index (κ3) is 3.78. The summed E-state index contributed by atoms with van der Waals surface area (Å²) >= 11 is 6.84. The topological polar surface area (TPSA) is 48.1 Å². The van der Waals surface area contributed by atoms with Gasteiger partial charge in [-0.2, -0.15) is 0 Å². The number of hydrogen-bond acceptors (Lipinski definition) is 3. The van der Waals surface area contributed by atoms with E-state index in [1.807, 2.05) is 30.5 Å². The van der Waals surface area contributed by atoms with Crippen LogP contribution < -0.4 is 10.5 Å². The Morgan fingerprint density at radius 2 is 2.00 bits per heavy atom. The highest BCUT2D eigenvalue weighted by Gasteiger charge is 2.13. The fraction of sp³-hybridized carbons (Fsp3) is 0.214. The van der Waals surface area contributed by atoms with Gasteiger partial charge in [-0.3, -0.25) is 4.98 Å². The van der Waals surface area contributed by atoms with Gasteiger partial charge in [0.2, 0.25) is 0 Å². The highest BCUT2D eigenvalue weighted by molar-refractivity contribution is 9.10. The molecule has 0 saturated heterocycles. The van der Waals surface area contributed by atoms with E-state index in [0.29, 0.717) is 6.42 Å². The Labute approximate surface area is 129 Å². The van der Waals surface area contributed by atoms with Crippen molar-refractivity contribution < 1.29 is 4.74 Å². The molecule has 5 heteroatoms. The number of methoxy groups -OCH3 is 1. The summed E-state index contributed by atoms with van der Waals surface area (Å²) < 4.78 is 7.31. The fourth-order valence-corrected chi connectivity index (χ4v) is 2.68. The number of nitrogens with zero attached hydrogens (tertiary/aromatic N) is 1. The Kier molecular flexibility index (Phi) is 4.96. The summed E-state index contributed by atoms with van der Waals surface area (Å²) in [5.41, 5.74) is 8.35. The van der Waals surface area contributed by atoms with Crippen molar-refractivity contribution in [2.75, 3.05) is 7.11 Å². The molecule has 0 aliphatic carbocycles. The molecule has 1 aromatic carbocycles. The molecular weight excluding hydrogens is 372 g/mol. The van der Waals surface area contributed by atoms with Crippen molar-refractivity contribution in [1.82, 2.24) is 4.98 Å². The summed E-state index contributed by atoms with van der Waals surface area (Å²) in [4.78, 5) is 4.15. The molecule has 0 radical (unpaired) electrons. The minimum absolute atomic E-state index is 0.126. The Bertz CT molecular complexity index is 575. The summed E-state index contributed by atoms with van der Waals surface area (Å²) in [6, 6.07) is 7.78. The second kappa shape index (κ2) is 6.50. The maximum Gasteiger partial charge on any atom is 0.124 e. The molecule has 1 heterocycles. The summed E-state index contributed by atoms with van der Waals surface area (Å²) in [5.74, 6) is 0.796. The highest BCUT2D eigenvalue weighted by Crippen LogP contribution is 2.29. The molecule has 2 rings (SSSR count). The van der Waals surface area contributed by atoms with Gasteiger partial charge in [-0.25, -0.2) is 0 Å². The van der Waals surface area contributed by atoms with Crippen LogP contribution in [0.15, 0.2) is 45.6 Å². The van der Waals surface area contributed by atoms with Crippen molar-refractivity contribution in [3.05, 3.63) is 56.7 Å². The van der Waals surface area contributed by atoms with Gasteiger partial charge in [-0.05, 0) is 46.1 Å². The van der Waals surface area contributed by atoms with Gasteiger partial charge in [-0.1, -0.05) is 22.0 Å². The first-order valence-corrected chi connectivity index (χ1v) is 7.37. The summed E-state index contributed by atoms with van der Waals surface area (Å²) in [6.45, 7) is 0. The molecule has 3 nitrogen and oxygen atoms in total.